The van der Waals surface area contributed by atoms with Gasteiger partial charge < -0.3 is 19.5 Å². The van der Waals surface area contributed by atoms with Crippen molar-refractivity contribution in [3.8, 4) is 5.75 Å². The first-order valence-electron chi connectivity index (χ1n) is 10.8. The number of amides is 2. The summed E-state index contributed by atoms with van der Waals surface area (Å²) in [6, 6.07) is 8.80. The van der Waals surface area contributed by atoms with E-state index < -0.39 is 0 Å². The molecule has 0 bridgehead atoms. The van der Waals surface area contributed by atoms with E-state index >= 15 is 0 Å². The van der Waals surface area contributed by atoms with Gasteiger partial charge in [0.05, 0.1) is 24.1 Å². The van der Waals surface area contributed by atoms with Gasteiger partial charge in [-0.05, 0) is 57.0 Å². The predicted molar refractivity (Wildman–Crippen MR) is 127 cm³/mol. The highest BCUT2D eigenvalue weighted by Crippen LogP contribution is 2.34. The number of hydrogen-bond donors (Lipinski definition) is 1. The Balaban J connectivity index is 1.54. The second kappa shape index (κ2) is 10.1. The second-order valence-electron chi connectivity index (χ2n) is 7.79. The highest BCUT2D eigenvalue weighted by atomic mass is 32.2. The number of hydrogen-bond acceptors (Lipinski definition) is 7. The third-order valence-corrected chi connectivity index (χ3v) is 6.63. The summed E-state index contributed by atoms with van der Waals surface area (Å²) in [7, 11) is 1.57. The maximum atomic E-state index is 13.1. The Morgan fingerprint density at radius 3 is 2.85 bits per heavy atom. The highest BCUT2D eigenvalue weighted by Gasteiger charge is 2.23. The van der Waals surface area contributed by atoms with Crippen LogP contribution in [0.4, 0.5) is 11.4 Å². The molecule has 9 heteroatoms. The van der Waals surface area contributed by atoms with Crippen molar-refractivity contribution in [3.05, 3.63) is 59.1 Å². The van der Waals surface area contributed by atoms with E-state index in [2.05, 4.69) is 15.5 Å². The van der Waals surface area contributed by atoms with Crippen LogP contribution in [0.1, 0.15) is 46.6 Å². The van der Waals surface area contributed by atoms with E-state index in [4.69, 9.17) is 9.26 Å². The standard InChI is InChI=1S/C24H26N4O4S/c1-15-19(16(2)32-27-15)14-33-24-18(7-6-11-25-24)23(30)26-17-9-10-21(31-3)20(13-17)28-12-5-4-8-22(28)29/h6-7,9-11,13H,4-5,8,12,14H2,1-3H3,(H,26,30). The van der Waals surface area contributed by atoms with Crippen LogP contribution in [0.2, 0.25) is 0 Å². The number of nitrogens with one attached hydrogen (secondary N) is 1. The maximum Gasteiger partial charge on any atom is 0.258 e. The normalized spacial score (nSPS) is 13.8. The number of pyridine rings is 1. The molecule has 0 aliphatic carbocycles. The minimum absolute atomic E-state index is 0.0632. The lowest BCUT2D eigenvalue weighted by Gasteiger charge is -2.28. The van der Waals surface area contributed by atoms with E-state index in [9.17, 15) is 9.59 Å². The molecule has 1 aromatic carbocycles. The Morgan fingerprint density at radius 2 is 2.12 bits per heavy atom. The summed E-state index contributed by atoms with van der Waals surface area (Å²) in [5, 5.41) is 7.55. The summed E-state index contributed by atoms with van der Waals surface area (Å²) in [5.74, 6) is 1.75. The number of carbonyl (C=O) groups excluding carboxylic acids is 2. The topological polar surface area (TPSA) is 97.6 Å². The Kier molecular flexibility index (Phi) is 6.98. The zero-order valence-electron chi connectivity index (χ0n) is 18.9. The first kappa shape index (κ1) is 22.8. The Hall–Kier alpha value is -3.33. The van der Waals surface area contributed by atoms with Crippen LogP contribution in [0.5, 0.6) is 5.75 Å². The van der Waals surface area contributed by atoms with Crippen LogP contribution in [0.25, 0.3) is 0 Å². The Bertz CT molecular complexity index is 1160. The molecule has 33 heavy (non-hydrogen) atoms. The molecule has 2 aromatic heterocycles. The van der Waals surface area contributed by atoms with Gasteiger partial charge in [0.2, 0.25) is 5.91 Å². The van der Waals surface area contributed by atoms with Crippen LogP contribution >= 0.6 is 11.8 Å². The first-order valence-corrected chi connectivity index (χ1v) is 11.8. The largest absolute Gasteiger partial charge is 0.495 e. The quantitative estimate of drug-likeness (QED) is 0.502. The summed E-state index contributed by atoms with van der Waals surface area (Å²) in [6.45, 7) is 4.40. The van der Waals surface area contributed by atoms with Gasteiger partial charge in [0.25, 0.3) is 5.91 Å². The monoisotopic (exact) mass is 466 g/mol. The van der Waals surface area contributed by atoms with E-state index in [0.717, 1.165) is 29.9 Å². The van der Waals surface area contributed by atoms with Crippen LogP contribution < -0.4 is 15.0 Å². The summed E-state index contributed by atoms with van der Waals surface area (Å²) < 4.78 is 10.7. The number of thioether (sulfide) groups is 1. The summed E-state index contributed by atoms with van der Waals surface area (Å²) in [5.41, 5.74) is 3.56. The second-order valence-corrected chi connectivity index (χ2v) is 8.75. The lowest BCUT2D eigenvalue weighted by Crippen LogP contribution is -2.35. The molecular weight excluding hydrogens is 440 g/mol. The molecule has 3 aromatic rings. The van der Waals surface area contributed by atoms with Gasteiger partial charge >= 0.3 is 0 Å². The molecule has 172 valence electrons. The fourth-order valence-electron chi connectivity index (χ4n) is 3.76. The third-order valence-electron chi connectivity index (χ3n) is 5.60. The molecule has 2 amide bonds. The molecule has 1 N–H and O–H groups in total. The van der Waals surface area contributed by atoms with Gasteiger partial charge in [0.15, 0.2) is 0 Å². The summed E-state index contributed by atoms with van der Waals surface area (Å²) >= 11 is 1.46. The maximum absolute atomic E-state index is 13.1. The number of ether oxygens (including phenoxy) is 1. The van der Waals surface area contributed by atoms with Crippen molar-refractivity contribution in [1.82, 2.24) is 10.1 Å². The van der Waals surface area contributed by atoms with E-state index in [0.29, 0.717) is 46.4 Å². The first-order chi connectivity index (χ1) is 16.0. The van der Waals surface area contributed by atoms with Crippen LogP contribution in [-0.4, -0.2) is 35.6 Å². The number of piperidine rings is 1. The number of carbonyl (C=O) groups is 2. The smallest absolute Gasteiger partial charge is 0.258 e. The van der Waals surface area contributed by atoms with Crippen molar-refractivity contribution in [1.29, 1.82) is 0 Å². The van der Waals surface area contributed by atoms with Gasteiger partial charge in [-0.2, -0.15) is 0 Å². The molecule has 4 rings (SSSR count). The van der Waals surface area contributed by atoms with Crippen molar-refractivity contribution in [2.45, 2.75) is 43.9 Å². The van der Waals surface area contributed by atoms with Crippen molar-refractivity contribution >= 4 is 35.0 Å². The van der Waals surface area contributed by atoms with E-state index in [1.54, 1.807) is 48.5 Å². The molecule has 1 saturated heterocycles. The minimum Gasteiger partial charge on any atom is -0.495 e. The summed E-state index contributed by atoms with van der Waals surface area (Å²) in [6.07, 6.45) is 4.01. The van der Waals surface area contributed by atoms with Crippen LogP contribution in [0.15, 0.2) is 46.1 Å². The molecule has 1 aliphatic rings. The lowest BCUT2D eigenvalue weighted by atomic mass is 10.1. The molecule has 0 radical (unpaired) electrons. The minimum atomic E-state index is -0.273. The molecule has 0 saturated carbocycles. The van der Waals surface area contributed by atoms with Crippen LogP contribution in [0, 0.1) is 13.8 Å². The van der Waals surface area contributed by atoms with Crippen LogP contribution in [-0.2, 0) is 10.5 Å². The van der Waals surface area contributed by atoms with E-state index in [1.165, 1.54) is 11.8 Å². The molecule has 8 nitrogen and oxygen atoms in total. The number of anilines is 2. The van der Waals surface area contributed by atoms with Crippen LogP contribution in [0.3, 0.4) is 0 Å². The molecule has 0 unspecified atom stereocenters. The molecule has 3 heterocycles. The number of benzene rings is 1. The molecule has 1 aliphatic heterocycles. The van der Waals surface area contributed by atoms with E-state index in [1.807, 2.05) is 13.8 Å². The molecule has 1 fully saturated rings. The number of methoxy groups -OCH3 is 1. The average molecular weight is 467 g/mol. The lowest BCUT2D eigenvalue weighted by molar-refractivity contribution is -0.119. The van der Waals surface area contributed by atoms with Gasteiger partial charge in [-0.25, -0.2) is 4.98 Å². The van der Waals surface area contributed by atoms with Crippen molar-refractivity contribution < 1.29 is 18.8 Å². The van der Waals surface area contributed by atoms with Gasteiger partial charge in [-0.1, -0.05) is 5.16 Å². The number of rotatable bonds is 7. The SMILES string of the molecule is COc1ccc(NC(=O)c2cccnc2SCc2c(C)noc2C)cc1N1CCCCC1=O. The molecule has 0 spiro atoms. The van der Waals surface area contributed by atoms with Crippen molar-refractivity contribution in [2.75, 3.05) is 23.9 Å². The fraction of sp³-hybridized carbons (Fsp3) is 0.333. The van der Waals surface area contributed by atoms with E-state index in [-0.39, 0.29) is 11.8 Å². The summed E-state index contributed by atoms with van der Waals surface area (Å²) in [4.78, 5) is 31.7. The zero-order chi connectivity index (χ0) is 23.4. The number of aryl methyl sites for hydroxylation is 2. The molecular formula is C24H26N4O4S. The number of aromatic nitrogens is 2. The third kappa shape index (κ3) is 5.03. The van der Waals surface area contributed by atoms with Gasteiger partial charge in [0, 0.05) is 36.2 Å². The van der Waals surface area contributed by atoms with Crippen molar-refractivity contribution in [2.24, 2.45) is 0 Å². The fourth-order valence-corrected chi connectivity index (χ4v) is 4.91. The highest BCUT2D eigenvalue weighted by molar-refractivity contribution is 7.98. The zero-order valence-corrected chi connectivity index (χ0v) is 19.7. The Labute approximate surface area is 196 Å². The predicted octanol–water partition coefficient (Wildman–Crippen LogP) is 4.76. The van der Waals surface area contributed by atoms with Gasteiger partial charge in [0.1, 0.15) is 16.5 Å². The molecule has 0 atom stereocenters. The van der Waals surface area contributed by atoms with Crippen molar-refractivity contribution in [3.63, 3.8) is 0 Å². The van der Waals surface area contributed by atoms with Gasteiger partial charge in [-0.3, -0.25) is 9.59 Å². The number of nitrogens with zero attached hydrogens (tertiary/aromatic N) is 3. The average Bonchev–Trinajstić information content (AvgIpc) is 3.15. The Morgan fingerprint density at radius 1 is 1.27 bits per heavy atom. The van der Waals surface area contributed by atoms with Gasteiger partial charge in [-0.15, -0.1) is 11.8 Å².